The third-order valence-electron chi connectivity index (χ3n) is 6.19. The fraction of sp³-hybridized carbons (Fsp3) is 0.429. The van der Waals surface area contributed by atoms with Crippen LogP contribution < -0.4 is 20.9 Å². The second-order valence-corrected chi connectivity index (χ2v) is 8.29. The number of aromatic nitrogens is 4. The fourth-order valence-electron chi connectivity index (χ4n) is 4.47. The first-order valence-corrected chi connectivity index (χ1v) is 10.3. The molecule has 1 aliphatic carbocycles. The molecule has 4 rings (SSSR count). The van der Waals surface area contributed by atoms with E-state index in [0.717, 1.165) is 29.9 Å². The first kappa shape index (κ1) is 20.2. The van der Waals surface area contributed by atoms with Gasteiger partial charge >= 0.3 is 0 Å². The molecule has 0 radical (unpaired) electrons. The van der Waals surface area contributed by atoms with E-state index in [2.05, 4.69) is 34.8 Å². The summed E-state index contributed by atoms with van der Waals surface area (Å²) in [5.41, 5.74) is 7.31. The van der Waals surface area contributed by atoms with Gasteiger partial charge in [0.15, 0.2) is 11.5 Å². The molecule has 1 aliphatic rings. The van der Waals surface area contributed by atoms with Gasteiger partial charge in [0.05, 0.1) is 37.5 Å². The van der Waals surface area contributed by atoms with Crippen LogP contribution in [0.15, 0.2) is 36.8 Å². The number of anilines is 2. The number of quaternary nitrogens is 1. The third kappa shape index (κ3) is 3.61. The number of pyridine rings is 1. The third-order valence-corrected chi connectivity index (χ3v) is 6.19. The van der Waals surface area contributed by atoms with Crippen molar-refractivity contribution in [2.45, 2.75) is 37.8 Å². The minimum absolute atomic E-state index is 0.114. The number of nitrogens with one attached hydrogen (secondary N) is 2. The summed E-state index contributed by atoms with van der Waals surface area (Å²) in [6.07, 6.45) is 9.91. The lowest BCUT2D eigenvalue weighted by Crippen LogP contribution is -2.60. The molecule has 0 aliphatic heterocycles. The molecule has 0 bridgehead atoms. The number of carbonyl (C=O) groups is 1. The minimum Gasteiger partial charge on any atom is -0.364 e. The Bertz CT molecular complexity index is 1060. The Labute approximate surface area is 175 Å². The summed E-state index contributed by atoms with van der Waals surface area (Å²) in [5, 5.41) is 11.0. The minimum atomic E-state index is -0.621. The standard InChI is InChI=1S/C21H28N8O/c1-23-14-8-4-5-10-17(14)29(2,3)18-13-24-19(20(22)30)21(27-18)26-15-12-25-28-11-7-6-9-16(15)28/h6-7,9,11-14,17,23H,4-5,8,10H2,1-3H3,(H2-,22,26,27,30)/p+1. The zero-order valence-electron chi connectivity index (χ0n) is 17.7. The summed E-state index contributed by atoms with van der Waals surface area (Å²) >= 11 is 0. The number of amides is 1. The Balaban J connectivity index is 1.73. The van der Waals surface area contributed by atoms with Gasteiger partial charge in [-0.05, 0) is 32.0 Å². The van der Waals surface area contributed by atoms with Crippen molar-refractivity contribution in [3.63, 3.8) is 0 Å². The molecule has 1 saturated carbocycles. The van der Waals surface area contributed by atoms with Gasteiger partial charge in [0, 0.05) is 12.6 Å². The second-order valence-electron chi connectivity index (χ2n) is 8.29. The molecule has 9 heteroatoms. The van der Waals surface area contributed by atoms with E-state index in [0.29, 0.717) is 22.4 Å². The fourth-order valence-corrected chi connectivity index (χ4v) is 4.47. The predicted molar refractivity (Wildman–Crippen MR) is 118 cm³/mol. The van der Waals surface area contributed by atoms with Crippen molar-refractivity contribution in [3.05, 3.63) is 42.5 Å². The molecule has 3 aromatic rings. The first-order chi connectivity index (χ1) is 14.4. The van der Waals surface area contributed by atoms with Gasteiger partial charge in [-0.3, -0.25) is 9.28 Å². The molecule has 3 heterocycles. The molecule has 30 heavy (non-hydrogen) atoms. The van der Waals surface area contributed by atoms with Gasteiger partial charge in [-0.25, -0.2) is 9.50 Å². The van der Waals surface area contributed by atoms with Crippen molar-refractivity contribution >= 4 is 28.7 Å². The van der Waals surface area contributed by atoms with Crippen LogP contribution in [-0.4, -0.2) is 58.7 Å². The molecule has 0 aromatic carbocycles. The summed E-state index contributed by atoms with van der Waals surface area (Å²) in [7, 11) is 6.31. The van der Waals surface area contributed by atoms with E-state index < -0.39 is 5.91 Å². The maximum Gasteiger partial charge on any atom is 0.271 e. The van der Waals surface area contributed by atoms with Gasteiger partial charge in [0.1, 0.15) is 12.2 Å². The van der Waals surface area contributed by atoms with Crippen LogP contribution >= 0.6 is 0 Å². The highest BCUT2D eigenvalue weighted by Crippen LogP contribution is 2.32. The Morgan fingerprint density at radius 1 is 1.23 bits per heavy atom. The van der Waals surface area contributed by atoms with Crippen LogP contribution in [0.3, 0.4) is 0 Å². The maximum absolute atomic E-state index is 12.0. The number of fused-ring (bicyclic) bond motifs is 1. The van der Waals surface area contributed by atoms with Crippen LogP contribution in [0.25, 0.3) is 5.52 Å². The highest BCUT2D eigenvalue weighted by molar-refractivity contribution is 5.97. The van der Waals surface area contributed by atoms with Crippen LogP contribution in [0, 0.1) is 0 Å². The van der Waals surface area contributed by atoms with E-state index in [1.807, 2.05) is 31.4 Å². The van der Waals surface area contributed by atoms with E-state index in [-0.39, 0.29) is 5.69 Å². The monoisotopic (exact) mass is 409 g/mol. The highest BCUT2D eigenvalue weighted by atomic mass is 16.1. The lowest BCUT2D eigenvalue weighted by Gasteiger charge is -2.43. The van der Waals surface area contributed by atoms with Crippen molar-refractivity contribution in [3.8, 4) is 0 Å². The Hall–Kier alpha value is -3.04. The van der Waals surface area contributed by atoms with Crippen LogP contribution in [0.1, 0.15) is 36.2 Å². The average molecular weight is 410 g/mol. The lowest BCUT2D eigenvalue weighted by molar-refractivity contribution is 0.0996. The number of hydrogen-bond donors (Lipinski definition) is 3. The molecule has 0 spiro atoms. The van der Waals surface area contributed by atoms with Crippen molar-refractivity contribution in [1.82, 2.24) is 29.4 Å². The number of hydrogen-bond acceptors (Lipinski definition) is 6. The van der Waals surface area contributed by atoms with Gasteiger partial charge in [-0.1, -0.05) is 12.5 Å². The Kier molecular flexibility index (Phi) is 5.40. The molecule has 0 saturated heterocycles. The maximum atomic E-state index is 12.0. The molecule has 158 valence electrons. The number of nitrogens with two attached hydrogens (primary N) is 1. The Morgan fingerprint density at radius 2 is 2.03 bits per heavy atom. The number of rotatable bonds is 6. The molecule has 1 fully saturated rings. The summed E-state index contributed by atoms with van der Waals surface area (Å²) in [6.45, 7) is 0. The van der Waals surface area contributed by atoms with Crippen LogP contribution in [0.2, 0.25) is 0 Å². The quantitative estimate of drug-likeness (QED) is 0.538. The van der Waals surface area contributed by atoms with Crippen molar-refractivity contribution in [2.75, 3.05) is 26.5 Å². The van der Waals surface area contributed by atoms with E-state index in [1.165, 1.54) is 12.8 Å². The normalized spacial score (nSPS) is 19.7. The van der Waals surface area contributed by atoms with Crippen LogP contribution in [0.4, 0.5) is 17.3 Å². The van der Waals surface area contributed by atoms with Crippen LogP contribution in [0.5, 0.6) is 0 Å². The van der Waals surface area contributed by atoms with Gasteiger partial charge in [0.25, 0.3) is 5.91 Å². The number of carbonyl (C=O) groups excluding carboxylic acids is 1. The molecule has 4 N–H and O–H groups in total. The van der Waals surface area contributed by atoms with Crippen molar-refractivity contribution < 1.29 is 4.79 Å². The highest BCUT2D eigenvalue weighted by Gasteiger charge is 2.40. The Morgan fingerprint density at radius 3 is 2.80 bits per heavy atom. The van der Waals surface area contributed by atoms with Gasteiger partial charge in [-0.15, -0.1) is 0 Å². The van der Waals surface area contributed by atoms with E-state index >= 15 is 0 Å². The van der Waals surface area contributed by atoms with Crippen molar-refractivity contribution in [2.24, 2.45) is 5.73 Å². The van der Waals surface area contributed by atoms with E-state index in [9.17, 15) is 4.79 Å². The van der Waals surface area contributed by atoms with Gasteiger partial charge in [0.2, 0.25) is 5.82 Å². The first-order valence-electron chi connectivity index (χ1n) is 10.3. The molecular weight excluding hydrogens is 380 g/mol. The number of likely N-dealkylation sites (N-methyl/N-ethyl adjacent to an activating group) is 2. The summed E-state index contributed by atoms with van der Waals surface area (Å²) in [4.78, 5) is 21.2. The summed E-state index contributed by atoms with van der Waals surface area (Å²) in [6, 6.07) is 6.54. The van der Waals surface area contributed by atoms with Crippen molar-refractivity contribution in [1.29, 1.82) is 0 Å². The second kappa shape index (κ2) is 8.00. The summed E-state index contributed by atoms with van der Waals surface area (Å²) < 4.78 is 2.32. The predicted octanol–water partition coefficient (Wildman–Crippen LogP) is 2.06. The van der Waals surface area contributed by atoms with Gasteiger partial charge < -0.3 is 16.4 Å². The summed E-state index contributed by atoms with van der Waals surface area (Å²) in [5.74, 6) is 0.511. The molecule has 9 nitrogen and oxygen atoms in total. The number of nitrogens with zero attached hydrogens (tertiary/aromatic N) is 5. The molecular formula is C21H29N8O+. The molecule has 1 amide bonds. The zero-order chi connectivity index (χ0) is 21.3. The van der Waals surface area contributed by atoms with Crippen LogP contribution in [-0.2, 0) is 0 Å². The molecule has 3 aromatic heterocycles. The van der Waals surface area contributed by atoms with Gasteiger partial charge in [-0.2, -0.15) is 10.1 Å². The SMILES string of the molecule is CNC1CCCCC1[N+](C)(C)c1cnc(C(N)=O)c(Nc2cnn3ccccc23)n1. The lowest BCUT2D eigenvalue weighted by atomic mass is 9.88. The molecule has 2 atom stereocenters. The smallest absolute Gasteiger partial charge is 0.271 e. The van der Waals surface area contributed by atoms with E-state index in [1.54, 1.807) is 16.9 Å². The zero-order valence-corrected chi connectivity index (χ0v) is 17.7. The largest absolute Gasteiger partial charge is 0.364 e. The topological polar surface area (TPSA) is 110 Å². The number of primary amides is 1. The molecule has 2 unspecified atom stereocenters. The van der Waals surface area contributed by atoms with E-state index in [4.69, 9.17) is 10.7 Å². The average Bonchev–Trinajstić information content (AvgIpc) is 3.16.